The molecule has 1 aromatic heterocycles. The van der Waals surface area contributed by atoms with E-state index in [2.05, 4.69) is 11.1 Å². The third kappa shape index (κ3) is 3.04. The SMILES string of the molecule is CCOc1cc(-c2nc(CC#N)cs2)ccc1OC. The number of benzene rings is 1. The van der Waals surface area contributed by atoms with Crippen LogP contribution in [0.1, 0.15) is 12.6 Å². The first-order chi connectivity index (χ1) is 9.28. The fourth-order valence-electron chi connectivity index (χ4n) is 1.68. The van der Waals surface area contributed by atoms with Crippen LogP contribution in [0.2, 0.25) is 0 Å². The Balaban J connectivity index is 2.33. The van der Waals surface area contributed by atoms with Crippen LogP contribution in [0.15, 0.2) is 23.6 Å². The Bertz CT molecular complexity index is 602. The number of nitrogens with zero attached hydrogens (tertiary/aromatic N) is 2. The first-order valence-electron chi connectivity index (χ1n) is 5.91. The summed E-state index contributed by atoms with van der Waals surface area (Å²) >= 11 is 1.52. The number of hydrogen-bond acceptors (Lipinski definition) is 5. The number of aromatic nitrogens is 1. The topological polar surface area (TPSA) is 55.1 Å². The highest BCUT2D eigenvalue weighted by Crippen LogP contribution is 2.33. The second-order valence-electron chi connectivity index (χ2n) is 3.78. The van der Waals surface area contributed by atoms with Gasteiger partial charge < -0.3 is 9.47 Å². The molecule has 19 heavy (non-hydrogen) atoms. The molecule has 2 aromatic rings. The maximum Gasteiger partial charge on any atom is 0.161 e. The zero-order valence-corrected chi connectivity index (χ0v) is 11.7. The standard InChI is InChI=1S/C14H14N2O2S/c1-3-18-13-8-10(4-5-12(13)17-2)14-16-11(6-7-15)9-19-14/h4-5,8-9H,3,6H2,1-2H3. The lowest BCUT2D eigenvalue weighted by Gasteiger charge is -2.10. The molecule has 1 heterocycles. The number of thiazole rings is 1. The Morgan fingerprint density at radius 1 is 1.37 bits per heavy atom. The lowest BCUT2D eigenvalue weighted by molar-refractivity contribution is 0.311. The molecule has 0 amide bonds. The number of nitriles is 1. The molecule has 1 aromatic carbocycles. The van der Waals surface area contributed by atoms with Gasteiger partial charge in [-0.15, -0.1) is 11.3 Å². The van der Waals surface area contributed by atoms with Crippen molar-refractivity contribution in [3.63, 3.8) is 0 Å². The molecule has 0 atom stereocenters. The van der Waals surface area contributed by atoms with E-state index in [4.69, 9.17) is 14.7 Å². The third-order valence-corrected chi connectivity index (χ3v) is 3.46. The zero-order valence-electron chi connectivity index (χ0n) is 10.8. The second-order valence-corrected chi connectivity index (χ2v) is 4.64. The van der Waals surface area contributed by atoms with Gasteiger partial charge in [-0.25, -0.2) is 4.98 Å². The van der Waals surface area contributed by atoms with Crippen molar-refractivity contribution in [1.82, 2.24) is 4.98 Å². The minimum Gasteiger partial charge on any atom is -0.493 e. The molecule has 0 saturated carbocycles. The van der Waals surface area contributed by atoms with Crippen LogP contribution >= 0.6 is 11.3 Å². The molecule has 0 N–H and O–H groups in total. The molecule has 0 aliphatic rings. The largest absolute Gasteiger partial charge is 0.493 e. The predicted molar refractivity (Wildman–Crippen MR) is 74.6 cm³/mol. The smallest absolute Gasteiger partial charge is 0.161 e. The minimum atomic E-state index is 0.338. The molecule has 0 aliphatic heterocycles. The highest BCUT2D eigenvalue weighted by Gasteiger charge is 2.09. The average Bonchev–Trinajstić information content (AvgIpc) is 2.88. The average molecular weight is 274 g/mol. The second kappa shape index (κ2) is 6.21. The van der Waals surface area contributed by atoms with Gasteiger partial charge >= 0.3 is 0 Å². The minimum absolute atomic E-state index is 0.338. The van der Waals surface area contributed by atoms with E-state index >= 15 is 0 Å². The summed E-state index contributed by atoms with van der Waals surface area (Å²) in [5, 5.41) is 11.4. The summed E-state index contributed by atoms with van der Waals surface area (Å²) < 4.78 is 10.8. The van der Waals surface area contributed by atoms with Crippen molar-refractivity contribution in [3.05, 3.63) is 29.3 Å². The Kier molecular flexibility index (Phi) is 4.37. The van der Waals surface area contributed by atoms with E-state index in [1.165, 1.54) is 11.3 Å². The van der Waals surface area contributed by atoms with Crippen molar-refractivity contribution in [2.45, 2.75) is 13.3 Å². The van der Waals surface area contributed by atoms with Gasteiger partial charge in [0.05, 0.1) is 31.9 Å². The summed E-state index contributed by atoms with van der Waals surface area (Å²) in [6.07, 6.45) is 0.338. The van der Waals surface area contributed by atoms with Gasteiger partial charge in [-0.2, -0.15) is 5.26 Å². The van der Waals surface area contributed by atoms with E-state index in [1.807, 2.05) is 30.5 Å². The van der Waals surface area contributed by atoms with Crippen LogP contribution in [0, 0.1) is 11.3 Å². The van der Waals surface area contributed by atoms with Gasteiger partial charge in [0.15, 0.2) is 11.5 Å². The Morgan fingerprint density at radius 3 is 2.89 bits per heavy atom. The number of methoxy groups -OCH3 is 1. The molecule has 0 unspecified atom stereocenters. The third-order valence-electron chi connectivity index (χ3n) is 2.52. The molecule has 0 aliphatic carbocycles. The van der Waals surface area contributed by atoms with Crippen molar-refractivity contribution < 1.29 is 9.47 Å². The number of ether oxygens (including phenoxy) is 2. The maximum atomic E-state index is 8.66. The maximum absolute atomic E-state index is 8.66. The van der Waals surface area contributed by atoms with E-state index in [0.29, 0.717) is 24.5 Å². The monoisotopic (exact) mass is 274 g/mol. The highest BCUT2D eigenvalue weighted by atomic mass is 32.1. The summed E-state index contributed by atoms with van der Waals surface area (Å²) in [5.41, 5.74) is 1.77. The molecule has 0 fully saturated rings. The predicted octanol–water partition coefficient (Wildman–Crippen LogP) is 3.28. The van der Waals surface area contributed by atoms with Crippen LogP contribution in [0.5, 0.6) is 11.5 Å². The normalized spacial score (nSPS) is 9.95. The first-order valence-corrected chi connectivity index (χ1v) is 6.79. The van der Waals surface area contributed by atoms with Crippen molar-refractivity contribution in [1.29, 1.82) is 5.26 Å². The summed E-state index contributed by atoms with van der Waals surface area (Å²) in [7, 11) is 1.62. The quantitative estimate of drug-likeness (QED) is 0.839. The molecule has 5 heteroatoms. The van der Waals surface area contributed by atoms with E-state index in [-0.39, 0.29) is 0 Å². The van der Waals surface area contributed by atoms with Crippen molar-refractivity contribution in [2.75, 3.05) is 13.7 Å². The van der Waals surface area contributed by atoms with Gasteiger partial charge in [0, 0.05) is 10.9 Å². The fourth-order valence-corrected chi connectivity index (χ4v) is 2.50. The Morgan fingerprint density at radius 2 is 2.21 bits per heavy atom. The van der Waals surface area contributed by atoms with Gasteiger partial charge in [0.2, 0.25) is 0 Å². The summed E-state index contributed by atoms with van der Waals surface area (Å²) in [6, 6.07) is 7.82. The van der Waals surface area contributed by atoms with Crippen LogP contribution in [-0.4, -0.2) is 18.7 Å². The summed E-state index contributed by atoms with van der Waals surface area (Å²) in [4.78, 5) is 4.43. The van der Waals surface area contributed by atoms with Gasteiger partial charge in [0.1, 0.15) is 5.01 Å². The summed E-state index contributed by atoms with van der Waals surface area (Å²) in [5.74, 6) is 1.42. The van der Waals surface area contributed by atoms with E-state index < -0.39 is 0 Å². The molecule has 0 saturated heterocycles. The van der Waals surface area contributed by atoms with Gasteiger partial charge in [-0.1, -0.05) is 0 Å². The lowest BCUT2D eigenvalue weighted by atomic mass is 10.2. The molecule has 98 valence electrons. The highest BCUT2D eigenvalue weighted by molar-refractivity contribution is 7.13. The molecular formula is C14H14N2O2S. The molecular weight excluding hydrogens is 260 g/mol. The van der Waals surface area contributed by atoms with E-state index in [0.717, 1.165) is 16.3 Å². The van der Waals surface area contributed by atoms with Crippen molar-refractivity contribution >= 4 is 11.3 Å². The van der Waals surface area contributed by atoms with Gasteiger partial charge in [0.25, 0.3) is 0 Å². The van der Waals surface area contributed by atoms with Gasteiger partial charge in [-0.05, 0) is 25.1 Å². The van der Waals surface area contributed by atoms with Crippen LogP contribution in [0.4, 0.5) is 0 Å². The number of rotatable bonds is 5. The summed E-state index contributed by atoms with van der Waals surface area (Å²) in [6.45, 7) is 2.51. The number of hydrogen-bond donors (Lipinski definition) is 0. The van der Waals surface area contributed by atoms with Crippen LogP contribution < -0.4 is 9.47 Å². The molecule has 0 spiro atoms. The van der Waals surface area contributed by atoms with Gasteiger partial charge in [-0.3, -0.25) is 0 Å². The van der Waals surface area contributed by atoms with Crippen LogP contribution in [0.3, 0.4) is 0 Å². The van der Waals surface area contributed by atoms with Crippen molar-refractivity contribution in [2.24, 2.45) is 0 Å². The fraction of sp³-hybridized carbons (Fsp3) is 0.286. The lowest BCUT2D eigenvalue weighted by Crippen LogP contribution is -1.95. The molecule has 2 rings (SSSR count). The van der Waals surface area contributed by atoms with E-state index in [9.17, 15) is 0 Å². The molecule has 0 radical (unpaired) electrons. The van der Waals surface area contributed by atoms with Crippen molar-refractivity contribution in [3.8, 4) is 28.1 Å². The molecule has 0 bridgehead atoms. The zero-order chi connectivity index (χ0) is 13.7. The first kappa shape index (κ1) is 13.4. The van der Waals surface area contributed by atoms with Crippen LogP contribution in [0.25, 0.3) is 10.6 Å². The van der Waals surface area contributed by atoms with Crippen LogP contribution in [-0.2, 0) is 6.42 Å². The molecule has 4 nitrogen and oxygen atoms in total. The Labute approximate surface area is 116 Å². The Hall–Kier alpha value is -2.06. The van der Waals surface area contributed by atoms with E-state index in [1.54, 1.807) is 7.11 Å².